The monoisotopic (exact) mass is 1100 g/mol. The largest absolute Gasteiger partial charge is 0.394 e. The highest BCUT2D eigenvalue weighted by atomic mass is 16.7. The summed E-state index contributed by atoms with van der Waals surface area (Å²) >= 11 is 0. The van der Waals surface area contributed by atoms with Crippen LogP contribution in [0.25, 0.3) is 0 Å². The van der Waals surface area contributed by atoms with E-state index in [4.69, 9.17) is 9.47 Å². The third-order valence-corrected chi connectivity index (χ3v) is 16.9. The first kappa shape index (κ1) is 74.1. The molecule has 1 heterocycles. The number of hydrogen-bond acceptors (Lipinski definition) is 10. The molecule has 8 N–H and O–H groups in total. The number of hydrogen-bond donors (Lipinski definition) is 8. The first-order valence-electron chi connectivity index (χ1n) is 33.9. The molecule has 0 aromatic carbocycles. The van der Waals surface area contributed by atoms with E-state index in [1.807, 2.05) is 0 Å². The Bertz CT molecular complexity index is 1210. The van der Waals surface area contributed by atoms with E-state index in [0.717, 1.165) is 38.5 Å². The summed E-state index contributed by atoms with van der Waals surface area (Å²) in [6, 6.07) is -1.16. The Morgan fingerprint density at radius 2 is 0.675 bits per heavy atom. The zero-order valence-electron chi connectivity index (χ0n) is 50.7. The number of carbonyl (C=O) groups is 1. The van der Waals surface area contributed by atoms with E-state index >= 15 is 0 Å². The molecule has 1 rings (SSSR count). The van der Waals surface area contributed by atoms with Crippen LogP contribution in [0, 0.1) is 0 Å². The summed E-state index contributed by atoms with van der Waals surface area (Å²) in [5, 5.41) is 76.4. The van der Waals surface area contributed by atoms with Crippen molar-refractivity contribution in [1.82, 2.24) is 5.32 Å². The molecule has 1 aliphatic heterocycles. The van der Waals surface area contributed by atoms with Gasteiger partial charge in [0.15, 0.2) is 6.29 Å². The number of carbonyl (C=O) groups excluding carboxylic acids is 1. The minimum atomic E-state index is -1.66. The van der Waals surface area contributed by atoms with Crippen molar-refractivity contribution in [2.75, 3.05) is 13.2 Å². The van der Waals surface area contributed by atoms with Gasteiger partial charge in [-0.3, -0.25) is 4.79 Å². The van der Waals surface area contributed by atoms with Gasteiger partial charge in [0.25, 0.3) is 0 Å². The molecule has 9 atom stereocenters. The van der Waals surface area contributed by atoms with E-state index in [9.17, 15) is 40.5 Å². The molecule has 0 aliphatic carbocycles. The third kappa shape index (κ3) is 43.5. The Labute approximate surface area is 475 Å². The maximum absolute atomic E-state index is 13.2. The van der Waals surface area contributed by atoms with Crippen LogP contribution in [-0.2, 0) is 14.3 Å². The molecule has 0 saturated carbocycles. The second-order valence-corrected chi connectivity index (χ2v) is 24.3. The van der Waals surface area contributed by atoms with Crippen LogP contribution in [0.4, 0.5) is 0 Å². The topological polar surface area (TPSA) is 189 Å². The standard InChI is InChI=1S/C66H131NO10/c1-3-5-7-9-11-13-15-17-19-21-23-24-25-26-27-28-29-30-31-32-33-34-36-37-39-41-43-45-47-49-51-53-58(69)61(71)57(56-76-66-64(74)63(73)62(72)60(55-68)77-66)67-65(75)59(70)54-52-50-48-46-44-42-40-38-35-22-20-18-16-14-12-10-8-6-4-2/h57-64,66,68-74H,3-56H2,1-2H3,(H,67,75). The molecule has 1 aliphatic rings. The van der Waals surface area contributed by atoms with Crippen LogP contribution in [0.1, 0.15) is 348 Å². The molecule has 1 fully saturated rings. The SMILES string of the molecule is CCCCCCCCCCCCCCCCCCCCCCCCCCCCCCCCCC(O)C(O)C(COC1OC(CO)C(O)C(O)C1O)NC(=O)C(O)CCCCCCCCCCCCCCCCCCCCC. The highest BCUT2D eigenvalue weighted by molar-refractivity contribution is 5.80. The van der Waals surface area contributed by atoms with Crippen LogP contribution in [0.3, 0.4) is 0 Å². The first-order chi connectivity index (χ1) is 37.7. The lowest BCUT2D eigenvalue weighted by atomic mass is 9.98. The second kappa shape index (κ2) is 55.6. The van der Waals surface area contributed by atoms with E-state index in [1.54, 1.807) is 0 Å². The average molecular weight is 1100 g/mol. The van der Waals surface area contributed by atoms with Crippen molar-refractivity contribution in [3.05, 3.63) is 0 Å². The Hall–Kier alpha value is -0.890. The van der Waals surface area contributed by atoms with Gasteiger partial charge in [0.1, 0.15) is 36.6 Å². The molecule has 9 unspecified atom stereocenters. The molecule has 0 radical (unpaired) electrons. The lowest BCUT2D eigenvalue weighted by Crippen LogP contribution is -2.60. The Morgan fingerprint density at radius 1 is 0.403 bits per heavy atom. The van der Waals surface area contributed by atoms with E-state index in [0.29, 0.717) is 19.3 Å². The molecule has 0 spiro atoms. The van der Waals surface area contributed by atoms with Crippen LogP contribution in [0.15, 0.2) is 0 Å². The zero-order valence-corrected chi connectivity index (χ0v) is 50.7. The number of unbranched alkanes of at least 4 members (excludes halogenated alkanes) is 48. The highest BCUT2D eigenvalue weighted by Crippen LogP contribution is 2.24. The lowest BCUT2D eigenvalue weighted by Gasteiger charge is -2.40. The lowest BCUT2D eigenvalue weighted by molar-refractivity contribution is -0.303. The summed E-state index contributed by atoms with van der Waals surface area (Å²) in [6.07, 6.45) is 54.7. The summed E-state index contributed by atoms with van der Waals surface area (Å²) in [5.41, 5.74) is 0. The maximum atomic E-state index is 13.2. The van der Waals surface area contributed by atoms with Crippen LogP contribution < -0.4 is 5.32 Å². The molecule has 0 bridgehead atoms. The molecule has 460 valence electrons. The number of nitrogens with one attached hydrogen (secondary N) is 1. The summed E-state index contributed by atoms with van der Waals surface area (Å²) in [5.74, 6) is -0.688. The van der Waals surface area contributed by atoms with Crippen LogP contribution in [0.5, 0.6) is 0 Å². The Balaban J connectivity index is 2.18. The van der Waals surface area contributed by atoms with Gasteiger partial charge in [-0.2, -0.15) is 0 Å². The number of ether oxygens (including phenoxy) is 2. The van der Waals surface area contributed by atoms with E-state index < -0.39 is 74.2 Å². The molecular weight excluding hydrogens is 967 g/mol. The molecule has 1 saturated heterocycles. The fraction of sp³-hybridized carbons (Fsp3) is 0.985. The van der Waals surface area contributed by atoms with Gasteiger partial charge in [-0.1, -0.05) is 335 Å². The summed E-state index contributed by atoms with van der Waals surface area (Å²) < 4.78 is 11.2. The van der Waals surface area contributed by atoms with Crippen molar-refractivity contribution < 1.29 is 50.0 Å². The zero-order chi connectivity index (χ0) is 56.1. The number of aliphatic hydroxyl groups excluding tert-OH is 7. The minimum absolute atomic E-state index is 0.267. The van der Waals surface area contributed by atoms with Crippen molar-refractivity contribution in [1.29, 1.82) is 0 Å². The first-order valence-corrected chi connectivity index (χ1v) is 33.9. The van der Waals surface area contributed by atoms with Crippen LogP contribution in [-0.4, -0.2) is 110 Å². The third-order valence-electron chi connectivity index (χ3n) is 16.9. The maximum Gasteiger partial charge on any atom is 0.249 e. The molecule has 0 aromatic heterocycles. The molecule has 11 heteroatoms. The van der Waals surface area contributed by atoms with Crippen molar-refractivity contribution >= 4 is 5.91 Å². The fourth-order valence-electron chi connectivity index (χ4n) is 11.4. The number of amides is 1. The fourth-order valence-corrected chi connectivity index (χ4v) is 11.4. The molecule has 77 heavy (non-hydrogen) atoms. The van der Waals surface area contributed by atoms with Gasteiger partial charge >= 0.3 is 0 Å². The summed E-state index contributed by atoms with van der Waals surface area (Å²) in [6.45, 7) is 3.52. The number of rotatable bonds is 60. The quantitative estimate of drug-likeness (QED) is 0.0272. The molecule has 1 amide bonds. The molecule has 11 nitrogen and oxygen atoms in total. The highest BCUT2D eigenvalue weighted by Gasteiger charge is 2.44. The van der Waals surface area contributed by atoms with Crippen molar-refractivity contribution in [2.45, 2.75) is 403 Å². The van der Waals surface area contributed by atoms with E-state index in [2.05, 4.69) is 19.2 Å². The molecule has 0 aromatic rings. The average Bonchev–Trinajstić information content (AvgIpc) is 3.43. The van der Waals surface area contributed by atoms with Gasteiger partial charge in [-0.15, -0.1) is 0 Å². The minimum Gasteiger partial charge on any atom is -0.394 e. The molecular formula is C66H131NO10. The van der Waals surface area contributed by atoms with Crippen molar-refractivity contribution in [3.63, 3.8) is 0 Å². The normalized spacial score (nSPS) is 19.4. The van der Waals surface area contributed by atoms with E-state index in [1.165, 1.54) is 270 Å². The van der Waals surface area contributed by atoms with Gasteiger partial charge in [0, 0.05) is 0 Å². The van der Waals surface area contributed by atoms with Gasteiger partial charge in [-0.05, 0) is 12.8 Å². The van der Waals surface area contributed by atoms with Crippen LogP contribution >= 0.6 is 0 Å². The summed E-state index contributed by atoms with van der Waals surface area (Å²) in [4.78, 5) is 13.2. The predicted molar refractivity (Wildman–Crippen MR) is 321 cm³/mol. The van der Waals surface area contributed by atoms with Gasteiger partial charge < -0.3 is 50.5 Å². The van der Waals surface area contributed by atoms with Crippen LogP contribution in [0.2, 0.25) is 0 Å². The van der Waals surface area contributed by atoms with Gasteiger partial charge in [0.05, 0.1) is 25.4 Å². The Morgan fingerprint density at radius 3 is 0.961 bits per heavy atom. The van der Waals surface area contributed by atoms with Gasteiger partial charge in [0.2, 0.25) is 5.91 Å². The van der Waals surface area contributed by atoms with E-state index in [-0.39, 0.29) is 6.42 Å². The summed E-state index contributed by atoms with van der Waals surface area (Å²) in [7, 11) is 0. The van der Waals surface area contributed by atoms with Crippen molar-refractivity contribution in [2.24, 2.45) is 0 Å². The predicted octanol–water partition coefficient (Wildman–Crippen LogP) is 15.7. The Kier molecular flexibility index (Phi) is 53.6. The van der Waals surface area contributed by atoms with Gasteiger partial charge in [-0.25, -0.2) is 0 Å². The number of aliphatic hydroxyl groups is 7. The smallest absolute Gasteiger partial charge is 0.249 e. The van der Waals surface area contributed by atoms with Crippen molar-refractivity contribution in [3.8, 4) is 0 Å². The second-order valence-electron chi connectivity index (χ2n) is 24.3.